The molecule has 0 saturated heterocycles. The van der Waals surface area contributed by atoms with Crippen molar-refractivity contribution in [2.75, 3.05) is 6.61 Å². The topological polar surface area (TPSA) is 26.3 Å². The zero-order valence-electron chi connectivity index (χ0n) is 8.90. The summed E-state index contributed by atoms with van der Waals surface area (Å²) < 4.78 is 6.16. The number of benzene rings is 1. The molecule has 0 aliphatic carbocycles. The first-order valence-electron chi connectivity index (χ1n) is 5.30. The van der Waals surface area contributed by atoms with Crippen LogP contribution in [0.5, 0.6) is 5.75 Å². The fourth-order valence-corrected chi connectivity index (χ4v) is 2.96. The van der Waals surface area contributed by atoms with Gasteiger partial charge >= 0.3 is 0 Å². The summed E-state index contributed by atoms with van der Waals surface area (Å²) in [5.74, 6) is 0.725. The summed E-state index contributed by atoms with van der Waals surface area (Å²) in [5, 5.41) is 0. The second-order valence-corrected chi connectivity index (χ2v) is 5.54. The lowest BCUT2D eigenvalue weighted by Gasteiger charge is -2.05. The Hall–Kier alpha value is -1.32. The lowest BCUT2D eigenvalue weighted by atomic mass is 10.0. The third kappa shape index (κ3) is 1.85. The SMILES string of the molecule is O=C(c1ccc(Cl)s1)c1cccc2c1OCC2. The molecule has 4 heteroatoms. The first kappa shape index (κ1) is 10.8. The van der Waals surface area contributed by atoms with Crippen LogP contribution < -0.4 is 4.74 Å². The zero-order chi connectivity index (χ0) is 11.8. The minimum absolute atomic E-state index is 0.0133. The Balaban J connectivity index is 2.05. The molecule has 17 heavy (non-hydrogen) atoms. The van der Waals surface area contributed by atoms with E-state index in [9.17, 15) is 4.79 Å². The first-order chi connectivity index (χ1) is 8.25. The molecule has 2 nitrogen and oxygen atoms in total. The number of thiophene rings is 1. The van der Waals surface area contributed by atoms with E-state index >= 15 is 0 Å². The lowest BCUT2D eigenvalue weighted by Crippen LogP contribution is -2.01. The van der Waals surface area contributed by atoms with Crippen LogP contribution in [-0.4, -0.2) is 12.4 Å². The molecule has 3 rings (SSSR count). The van der Waals surface area contributed by atoms with Gasteiger partial charge in [-0.15, -0.1) is 11.3 Å². The highest BCUT2D eigenvalue weighted by Gasteiger charge is 2.22. The van der Waals surface area contributed by atoms with Crippen molar-refractivity contribution in [3.05, 3.63) is 50.7 Å². The highest BCUT2D eigenvalue weighted by Crippen LogP contribution is 2.32. The van der Waals surface area contributed by atoms with Crippen LogP contribution in [0.3, 0.4) is 0 Å². The number of halogens is 1. The minimum atomic E-state index is -0.0133. The lowest BCUT2D eigenvalue weighted by molar-refractivity contribution is 0.103. The van der Waals surface area contributed by atoms with Gasteiger partial charge in [0.15, 0.2) is 0 Å². The molecule has 0 amide bonds. The standard InChI is InChI=1S/C13H9ClO2S/c14-11-5-4-10(17-11)12(15)9-3-1-2-8-6-7-16-13(8)9/h1-5H,6-7H2. The predicted octanol–water partition coefficient (Wildman–Crippen LogP) is 3.57. The van der Waals surface area contributed by atoms with Crippen molar-refractivity contribution in [3.8, 4) is 5.75 Å². The molecule has 2 heterocycles. The predicted molar refractivity (Wildman–Crippen MR) is 68.4 cm³/mol. The maximum atomic E-state index is 12.3. The van der Waals surface area contributed by atoms with Gasteiger partial charge in [-0.25, -0.2) is 0 Å². The highest BCUT2D eigenvalue weighted by molar-refractivity contribution is 7.18. The van der Waals surface area contributed by atoms with Crippen LogP contribution in [0, 0.1) is 0 Å². The average Bonchev–Trinajstić information content (AvgIpc) is 2.95. The van der Waals surface area contributed by atoms with Crippen LogP contribution in [0.25, 0.3) is 0 Å². The van der Waals surface area contributed by atoms with Gasteiger partial charge in [-0.05, 0) is 23.8 Å². The smallest absolute Gasteiger partial charge is 0.206 e. The van der Waals surface area contributed by atoms with Crippen LogP contribution in [0.4, 0.5) is 0 Å². The number of hydrogen-bond donors (Lipinski definition) is 0. The van der Waals surface area contributed by atoms with Crippen LogP contribution in [0.2, 0.25) is 4.34 Å². The summed E-state index contributed by atoms with van der Waals surface area (Å²) in [6.07, 6.45) is 0.877. The van der Waals surface area contributed by atoms with E-state index in [0.29, 0.717) is 21.4 Å². The van der Waals surface area contributed by atoms with Crippen LogP contribution >= 0.6 is 22.9 Å². The summed E-state index contributed by atoms with van der Waals surface area (Å²) in [7, 11) is 0. The maximum Gasteiger partial charge on any atom is 0.206 e. The molecule has 86 valence electrons. The van der Waals surface area contributed by atoms with Crippen molar-refractivity contribution in [1.29, 1.82) is 0 Å². The largest absolute Gasteiger partial charge is 0.492 e. The van der Waals surface area contributed by atoms with Gasteiger partial charge < -0.3 is 4.74 Å². The number of para-hydroxylation sites is 1. The van der Waals surface area contributed by atoms with E-state index in [2.05, 4.69) is 0 Å². The van der Waals surface area contributed by atoms with E-state index in [1.807, 2.05) is 12.1 Å². The maximum absolute atomic E-state index is 12.3. The van der Waals surface area contributed by atoms with Crippen molar-refractivity contribution < 1.29 is 9.53 Å². The van der Waals surface area contributed by atoms with Gasteiger partial charge in [-0.1, -0.05) is 23.7 Å². The van der Waals surface area contributed by atoms with Crippen molar-refractivity contribution in [2.24, 2.45) is 0 Å². The molecule has 2 aromatic rings. The van der Waals surface area contributed by atoms with Crippen LogP contribution in [-0.2, 0) is 6.42 Å². The number of carbonyl (C=O) groups is 1. The Kier molecular flexibility index (Phi) is 2.65. The number of fused-ring (bicyclic) bond motifs is 1. The normalized spacial score (nSPS) is 13.2. The quantitative estimate of drug-likeness (QED) is 0.775. The van der Waals surface area contributed by atoms with E-state index < -0.39 is 0 Å². The molecule has 0 saturated carbocycles. The monoisotopic (exact) mass is 264 g/mol. The van der Waals surface area contributed by atoms with E-state index in [-0.39, 0.29) is 5.78 Å². The molecule has 1 aliphatic heterocycles. The molecular weight excluding hydrogens is 256 g/mol. The molecule has 1 aliphatic rings. The summed E-state index contributed by atoms with van der Waals surface area (Å²) in [5.41, 5.74) is 1.75. The number of carbonyl (C=O) groups excluding carboxylic acids is 1. The second kappa shape index (κ2) is 4.17. The van der Waals surface area contributed by atoms with Gasteiger partial charge in [0.2, 0.25) is 5.78 Å². The molecule has 0 atom stereocenters. The highest BCUT2D eigenvalue weighted by atomic mass is 35.5. The van der Waals surface area contributed by atoms with Crippen molar-refractivity contribution in [3.63, 3.8) is 0 Å². The molecule has 1 aromatic heterocycles. The molecule has 0 spiro atoms. The Morgan fingerprint density at radius 2 is 2.18 bits per heavy atom. The Bertz CT molecular complexity index is 589. The molecule has 1 aromatic carbocycles. The second-order valence-electron chi connectivity index (χ2n) is 3.83. The van der Waals surface area contributed by atoms with E-state index in [4.69, 9.17) is 16.3 Å². The summed E-state index contributed by atoms with van der Waals surface area (Å²) in [6.45, 7) is 0.658. The zero-order valence-corrected chi connectivity index (χ0v) is 10.5. The fraction of sp³-hybridized carbons (Fsp3) is 0.154. The van der Waals surface area contributed by atoms with Crippen molar-refractivity contribution in [2.45, 2.75) is 6.42 Å². The molecule has 0 fully saturated rings. The van der Waals surface area contributed by atoms with E-state index in [1.54, 1.807) is 18.2 Å². The van der Waals surface area contributed by atoms with Crippen molar-refractivity contribution in [1.82, 2.24) is 0 Å². The van der Waals surface area contributed by atoms with Gasteiger partial charge in [0, 0.05) is 6.42 Å². The molecule has 0 radical (unpaired) electrons. The number of hydrogen-bond acceptors (Lipinski definition) is 3. The third-order valence-corrected chi connectivity index (χ3v) is 3.99. The van der Waals surface area contributed by atoms with E-state index in [1.165, 1.54) is 11.3 Å². The first-order valence-corrected chi connectivity index (χ1v) is 6.50. The number of ether oxygens (including phenoxy) is 1. The average molecular weight is 265 g/mol. The fourth-order valence-electron chi connectivity index (χ4n) is 1.96. The number of rotatable bonds is 2. The van der Waals surface area contributed by atoms with E-state index in [0.717, 1.165) is 17.7 Å². The minimum Gasteiger partial charge on any atom is -0.492 e. The molecule has 0 bridgehead atoms. The summed E-state index contributed by atoms with van der Waals surface area (Å²) >= 11 is 7.14. The summed E-state index contributed by atoms with van der Waals surface area (Å²) in [6, 6.07) is 9.20. The molecule has 0 unspecified atom stereocenters. The Morgan fingerprint density at radius 1 is 1.29 bits per heavy atom. The summed E-state index contributed by atoms with van der Waals surface area (Å²) in [4.78, 5) is 12.9. The number of ketones is 1. The van der Waals surface area contributed by atoms with Gasteiger partial charge in [0.05, 0.1) is 21.4 Å². The van der Waals surface area contributed by atoms with Crippen molar-refractivity contribution >= 4 is 28.7 Å². The van der Waals surface area contributed by atoms with Gasteiger partial charge in [-0.2, -0.15) is 0 Å². The van der Waals surface area contributed by atoms with Crippen LogP contribution in [0.15, 0.2) is 30.3 Å². The molecular formula is C13H9ClO2S. The third-order valence-electron chi connectivity index (χ3n) is 2.76. The Morgan fingerprint density at radius 3 is 2.94 bits per heavy atom. The van der Waals surface area contributed by atoms with Gasteiger partial charge in [0.25, 0.3) is 0 Å². The van der Waals surface area contributed by atoms with Gasteiger partial charge in [0.1, 0.15) is 5.75 Å². The molecule has 0 N–H and O–H groups in total. The Labute approximate surface area is 108 Å². The van der Waals surface area contributed by atoms with Crippen LogP contribution in [0.1, 0.15) is 20.8 Å². The van der Waals surface area contributed by atoms with Gasteiger partial charge in [-0.3, -0.25) is 4.79 Å².